The number of fused-ring (bicyclic) bond motifs is 1. The quantitative estimate of drug-likeness (QED) is 0.665. The highest BCUT2D eigenvalue weighted by Gasteiger charge is 2.12. The van der Waals surface area contributed by atoms with E-state index in [1.165, 1.54) is 27.5 Å². The Hall–Kier alpha value is -2.48. The lowest BCUT2D eigenvalue weighted by Crippen LogP contribution is -1.92. The molecule has 0 unspecified atom stereocenters. The van der Waals surface area contributed by atoms with E-state index >= 15 is 0 Å². The van der Waals surface area contributed by atoms with E-state index < -0.39 is 0 Å². The minimum absolute atomic E-state index is 0.864. The summed E-state index contributed by atoms with van der Waals surface area (Å²) in [6, 6.07) is 16.7. The third-order valence-electron chi connectivity index (χ3n) is 4.16. The van der Waals surface area contributed by atoms with E-state index in [1.807, 2.05) is 18.2 Å². The van der Waals surface area contributed by atoms with Crippen molar-refractivity contribution < 1.29 is 9.47 Å². The van der Waals surface area contributed by atoms with Crippen molar-refractivity contribution in [1.82, 2.24) is 0 Å². The van der Waals surface area contributed by atoms with Gasteiger partial charge in [-0.2, -0.15) is 0 Å². The molecule has 0 N–H and O–H groups in total. The van der Waals surface area contributed by atoms with E-state index in [4.69, 9.17) is 9.47 Å². The molecule has 0 saturated heterocycles. The van der Waals surface area contributed by atoms with Gasteiger partial charge in [0.1, 0.15) is 11.5 Å². The van der Waals surface area contributed by atoms with Crippen LogP contribution in [0.15, 0.2) is 48.5 Å². The first kappa shape index (κ1) is 14.5. The third kappa shape index (κ3) is 2.31. The smallest absolute Gasteiger partial charge is 0.127 e. The highest BCUT2D eigenvalue weighted by molar-refractivity contribution is 6.04. The van der Waals surface area contributed by atoms with Crippen LogP contribution in [0, 0.1) is 13.8 Å². The fourth-order valence-electron chi connectivity index (χ4n) is 3.02. The summed E-state index contributed by atoms with van der Waals surface area (Å²) in [7, 11) is 3.41. The maximum absolute atomic E-state index is 5.62. The first-order chi connectivity index (χ1) is 10.7. The molecule has 2 nitrogen and oxygen atoms in total. The van der Waals surface area contributed by atoms with Gasteiger partial charge in [0.2, 0.25) is 0 Å². The van der Waals surface area contributed by atoms with E-state index in [9.17, 15) is 0 Å². The van der Waals surface area contributed by atoms with Crippen LogP contribution in [-0.2, 0) is 0 Å². The lowest BCUT2D eigenvalue weighted by atomic mass is 9.92. The predicted octanol–water partition coefficient (Wildman–Crippen LogP) is 5.14. The number of ether oxygens (including phenoxy) is 2. The Bertz CT molecular complexity index is 809. The summed E-state index contributed by atoms with van der Waals surface area (Å²) in [5, 5.41) is 2.44. The average Bonchev–Trinajstić information content (AvgIpc) is 2.55. The van der Waals surface area contributed by atoms with Gasteiger partial charge in [0.15, 0.2) is 0 Å². The summed E-state index contributed by atoms with van der Waals surface area (Å²) in [5.74, 6) is 1.78. The van der Waals surface area contributed by atoms with Crippen molar-refractivity contribution in [2.75, 3.05) is 14.2 Å². The standard InChI is InChI=1S/C20H20O2/c1-13-5-11-17(15-7-9-16(21-3)10-8-15)20-18(22-4)12-6-14(2)19(13)20/h5-12H,1-4H3. The lowest BCUT2D eigenvalue weighted by molar-refractivity contribution is 0.415. The summed E-state index contributed by atoms with van der Waals surface area (Å²) in [6.45, 7) is 4.29. The Morgan fingerprint density at radius 1 is 0.636 bits per heavy atom. The van der Waals surface area contributed by atoms with Gasteiger partial charge >= 0.3 is 0 Å². The van der Waals surface area contributed by atoms with Crippen molar-refractivity contribution in [2.24, 2.45) is 0 Å². The summed E-state index contributed by atoms with van der Waals surface area (Å²) < 4.78 is 10.9. The SMILES string of the molecule is COc1ccc(-c2ccc(C)c3c(C)ccc(OC)c23)cc1. The van der Waals surface area contributed by atoms with Crippen LogP contribution in [0.4, 0.5) is 0 Å². The molecule has 0 fully saturated rings. The normalized spacial score (nSPS) is 10.7. The zero-order chi connectivity index (χ0) is 15.7. The van der Waals surface area contributed by atoms with E-state index in [-0.39, 0.29) is 0 Å². The summed E-state index contributed by atoms with van der Waals surface area (Å²) in [4.78, 5) is 0. The van der Waals surface area contributed by atoms with Gasteiger partial charge in [-0.25, -0.2) is 0 Å². The first-order valence-electron chi connectivity index (χ1n) is 7.37. The molecule has 112 valence electrons. The van der Waals surface area contributed by atoms with Gasteiger partial charge in [-0.05, 0) is 59.7 Å². The van der Waals surface area contributed by atoms with Crippen molar-refractivity contribution in [3.63, 3.8) is 0 Å². The van der Waals surface area contributed by atoms with Gasteiger partial charge < -0.3 is 9.47 Å². The van der Waals surface area contributed by atoms with Gasteiger partial charge in [-0.15, -0.1) is 0 Å². The maximum Gasteiger partial charge on any atom is 0.127 e. The van der Waals surface area contributed by atoms with Crippen LogP contribution in [0.3, 0.4) is 0 Å². The molecule has 0 spiro atoms. The number of hydrogen-bond acceptors (Lipinski definition) is 2. The van der Waals surface area contributed by atoms with Crippen LogP contribution in [0.25, 0.3) is 21.9 Å². The fourth-order valence-corrected chi connectivity index (χ4v) is 3.02. The minimum atomic E-state index is 0.864. The van der Waals surface area contributed by atoms with Crippen LogP contribution in [-0.4, -0.2) is 14.2 Å². The first-order valence-corrected chi connectivity index (χ1v) is 7.37. The molecule has 0 aromatic heterocycles. The van der Waals surface area contributed by atoms with Crippen LogP contribution >= 0.6 is 0 Å². The van der Waals surface area contributed by atoms with Gasteiger partial charge in [0, 0.05) is 5.39 Å². The second kappa shape index (κ2) is 5.72. The molecule has 0 saturated carbocycles. The predicted molar refractivity (Wildman–Crippen MR) is 92.0 cm³/mol. The highest BCUT2D eigenvalue weighted by Crippen LogP contribution is 2.38. The molecule has 3 aromatic rings. The van der Waals surface area contributed by atoms with Gasteiger partial charge in [0.25, 0.3) is 0 Å². The zero-order valence-electron chi connectivity index (χ0n) is 13.4. The number of benzene rings is 3. The Kier molecular flexibility index (Phi) is 3.76. The number of aryl methyl sites for hydroxylation is 2. The summed E-state index contributed by atoms with van der Waals surface area (Å²) in [6.07, 6.45) is 0. The maximum atomic E-state index is 5.62. The van der Waals surface area contributed by atoms with E-state index in [0.29, 0.717) is 0 Å². The Morgan fingerprint density at radius 2 is 1.27 bits per heavy atom. The Morgan fingerprint density at radius 3 is 1.86 bits per heavy atom. The number of rotatable bonds is 3. The van der Waals surface area contributed by atoms with Crippen molar-refractivity contribution in [3.05, 3.63) is 59.7 Å². The summed E-state index contributed by atoms with van der Waals surface area (Å²) >= 11 is 0. The highest BCUT2D eigenvalue weighted by atomic mass is 16.5. The minimum Gasteiger partial charge on any atom is -0.497 e. The average molecular weight is 292 g/mol. The molecule has 2 heteroatoms. The second-order valence-electron chi connectivity index (χ2n) is 5.49. The van der Waals surface area contributed by atoms with E-state index in [1.54, 1.807) is 14.2 Å². The molecule has 3 aromatic carbocycles. The molecule has 0 aliphatic carbocycles. The molecule has 0 heterocycles. The number of methoxy groups -OCH3 is 2. The van der Waals surface area contributed by atoms with Gasteiger partial charge in [-0.1, -0.05) is 30.3 Å². The molecule has 0 bridgehead atoms. The van der Waals surface area contributed by atoms with Crippen LogP contribution in [0.1, 0.15) is 11.1 Å². The Labute approximate surface area is 131 Å². The second-order valence-corrected chi connectivity index (χ2v) is 5.49. The largest absolute Gasteiger partial charge is 0.497 e. The monoisotopic (exact) mass is 292 g/mol. The molecule has 0 amide bonds. The fraction of sp³-hybridized carbons (Fsp3) is 0.200. The van der Waals surface area contributed by atoms with Gasteiger partial charge in [-0.3, -0.25) is 0 Å². The summed E-state index contributed by atoms with van der Waals surface area (Å²) in [5.41, 5.74) is 4.88. The van der Waals surface area contributed by atoms with E-state index in [2.05, 4.69) is 44.2 Å². The molecular formula is C20H20O2. The van der Waals surface area contributed by atoms with Gasteiger partial charge in [0.05, 0.1) is 14.2 Å². The molecule has 0 aliphatic heterocycles. The molecule has 0 atom stereocenters. The van der Waals surface area contributed by atoms with Crippen molar-refractivity contribution in [2.45, 2.75) is 13.8 Å². The van der Waals surface area contributed by atoms with E-state index in [0.717, 1.165) is 17.1 Å². The van der Waals surface area contributed by atoms with Crippen molar-refractivity contribution in [3.8, 4) is 22.6 Å². The van der Waals surface area contributed by atoms with Crippen LogP contribution < -0.4 is 9.47 Å². The topological polar surface area (TPSA) is 18.5 Å². The third-order valence-corrected chi connectivity index (χ3v) is 4.16. The van der Waals surface area contributed by atoms with Crippen molar-refractivity contribution >= 4 is 10.8 Å². The molecular weight excluding hydrogens is 272 g/mol. The molecule has 0 radical (unpaired) electrons. The molecule has 3 rings (SSSR count). The van der Waals surface area contributed by atoms with Crippen LogP contribution in [0.5, 0.6) is 11.5 Å². The zero-order valence-corrected chi connectivity index (χ0v) is 13.4. The van der Waals surface area contributed by atoms with Crippen LogP contribution in [0.2, 0.25) is 0 Å². The molecule has 0 aliphatic rings. The number of hydrogen-bond donors (Lipinski definition) is 0. The Balaban J connectivity index is 2.33. The lowest BCUT2D eigenvalue weighted by Gasteiger charge is -2.15. The van der Waals surface area contributed by atoms with Crippen molar-refractivity contribution in [1.29, 1.82) is 0 Å². The molecule has 22 heavy (non-hydrogen) atoms.